The van der Waals surface area contributed by atoms with Gasteiger partial charge in [0.2, 0.25) is 0 Å². The summed E-state index contributed by atoms with van der Waals surface area (Å²) in [6.45, 7) is 0.701. The third-order valence-electron chi connectivity index (χ3n) is 0.558. The van der Waals surface area contributed by atoms with Crippen LogP contribution < -0.4 is 0 Å². The molecule has 0 aliphatic carbocycles. The van der Waals surface area contributed by atoms with Gasteiger partial charge in [-0.2, -0.15) is 6.08 Å². The molecule has 0 saturated heterocycles. The van der Waals surface area contributed by atoms with Crippen molar-refractivity contribution in [1.29, 1.82) is 0 Å². The molecule has 2 heteroatoms. The van der Waals surface area contributed by atoms with Crippen molar-refractivity contribution in [2.75, 3.05) is 6.61 Å². The van der Waals surface area contributed by atoms with Crippen molar-refractivity contribution in [3.05, 3.63) is 24.5 Å². The summed E-state index contributed by atoms with van der Waals surface area (Å²) in [7, 11) is 0. The summed E-state index contributed by atoms with van der Waals surface area (Å²) in [6, 6.07) is 0. The van der Waals surface area contributed by atoms with Crippen molar-refractivity contribution in [3.63, 3.8) is 0 Å². The Morgan fingerprint density at radius 3 is 2.57 bits per heavy atom. The molecule has 0 saturated carbocycles. The smallest absolute Gasteiger partial charge is 0.0399 e. The van der Waals surface area contributed by atoms with Crippen LogP contribution in [0.25, 0.3) is 0 Å². The second-order valence-electron chi connectivity index (χ2n) is 1.02. The van der Waals surface area contributed by atoms with Crippen molar-refractivity contribution in [2.45, 2.75) is 0 Å². The minimum absolute atomic E-state index is 0. The van der Waals surface area contributed by atoms with Crippen molar-refractivity contribution < 1.29 is 24.8 Å². The molecule has 41 valence electrons. The second-order valence-corrected chi connectivity index (χ2v) is 1.02. The first-order valence-corrected chi connectivity index (χ1v) is 1.84. The molecule has 0 fully saturated rings. The molecule has 0 spiro atoms. The molecule has 0 atom stereocenters. The van der Waals surface area contributed by atoms with Gasteiger partial charge in [0, 0.05) is 26.7 Å². The van der Waals surface area contributed by atoms with Crippen LogP contribution in [0.2, 0.25) is 0 Å². The average Bonchev–Trinajstić information content (AvgIpc) is 1.72. The van der Waals surface area contributed by atoms with E-state index in [-0.39, 0.29) is 20.1 Å². The summed E-state index contributed by atoms with van der Waals surface area (Å²) >= 11 is 0. The van der Waals surface area contributed by atoms with E-state index in [2.05, 4.69) is 6.08 Å². The van der Waals surface area contributed by atoms with Gasteiger partial charge in [0.1, 0.15) is 0 Å². The fraction of sp³-hybridized carbons (Fsp3) is 0.200. The average molecular weight is 273 g/mol. The molecule has 1 radical (unpaired) electrons. The number of allylic oxidation sites excluding steroid dienone is 2. The topological polar surface area (TPSA) is 9.23 Å². The number of hydrogen-bond donors (Lipinski definition) is 0. The van der Waals surface area contributed by atoms with Crippen molar-refractivity contribution in [1.82, 2.24) is 0 Å². The first kappa shape index (κ1) is 6.93. The van der Waals surface area contributed by atoms with Gasteiger partial charge in [-0.05, 0) is 6.26 Å². The zero-order valence-electron chi connectivity index (χ0n) is 3.68. The molecule has 0 aromatic heterocycles. The van der Waals surface area contributed by atoms with Crippen LogP contribution in [0.3, 0.4) is 0 Å². The standard InChI is InChI=1S/C5H5O.Ir/c1-2-4-6-5-3-1;/h1-2,5H,4H2;/q-1;. The molecule has 1 aliphatic heterocycles. The van der Waals surface area contributed by atoms with Crippen LogP contribution in [0.15, 0.2) is 18.4 Å². The predicted molar refractivity (Wildman–Crippen MR) is 22.9 cm³/mol. The fourth-order valence-corrected chi connectivity index (χ4v) is 0.307. The molecule has 1 rings (SSSR count). The Balaban J connectivity index is 0.000000360. The molecule has 0 aromatic rings. The number of ether oxygens (including phenoxy) is 1. The summed E-state index contributed by atoms with van der Waals surface area (Å²) in [6.07, 6.45) is 8.05. The molecule has 1 aliphatic rings. The zero-order chi connectivity index (χ0) is 4.24. The van der Waals surface area contributed by atoms with Gasteiger partial charge < -0.3 is 4.74 Å². The van der Waals surface area contributed by atoms with Gasteiger partial charge >= 0.3 is 0 Å². The van der Waals surface area contributed by atoms with Gasteiger partial charge in [0.15, 0.2) is 0 Å². The Morgan fingerprint density at radius 2 is 2.43 bits per heavy atom. The summed E-state index contributed by atoms with van der Waals surface area (Å²) in [5, 5.41) is 0. The van der Waals surface area contributed by atoms with Crippen LogP contribution >= 0.6 is 0 Å². The second kappa shape index (κ2) is 4.10. The van der Waals surface area contributed by atoms with E-state index in [9.17, 15) is 0 Å². The molecule has 0 amide bonds. The van der Waals surface area contributed by atoms with Gasteiger partial charge in [-0.15, -0.1) is 0 Å². The maximum Gasteiger partial charge on any atom is 0.0399 e. The minimum Gasteiger partial charge on any atom is -0.534 e. The number of rotatable bonds is 0. The van der Waals surface area contributed by atoms with Crippen LogP contribution in [0, 0.1) is 6.08 Å². The van der Waals surface area contributed by atoms with Gasteiger partial charge in [-0.25, -0.2) is 12.2 Å². The van der Waals surface area contributed by atoms with Gasteiger partial charge in [-0.1, -0.05) is 0 Å². The molecule has 1 heterocycles. The fourth-order valence-electron chi connectivity index (χ4n) is 0.307. The van der Waals surface area contributed by atoms with Crippen LogP contribution in [0.5, 0.6) is 0 Å². The molecule has 0 bridgehead atoms. The van der Waals surface area contributed by atoms with E-state index in [0.29, 0.717) is 6.61 Å². The van der Waals surface area contributed by atoms with E-state index in [1.165, 1.54) is 0 Å². The third kappa shape index (κ3) is 2.60. The van der Waals surface area contributed by atoms with Crippen LogP contribution in [0.4, 0.5) is 0 Å². The third-order valence-corrected chi connectivity index (χ3v) is 0.558. The minimum atomic E-state index is 0. The van der Waals surface area contributed by atoms with Crippen LogP contribution in [0.1, 0.15) is 0 Å². The maximum absolute atomic E-state index is 4.75. The van der Waals surface area contributed by atoms with Crippen molar-refractivity contribution >= 4 is 0 Å². The maximum atomic E-state index is 4.75. The Hall–Kier alpha value is -0.0706. The summed E-state index contributed by atoms with van der Waals surface area (Å²) in [5.41, 5.74) is 0. The summed E-state index contributed by atoms with van der Waals surface area (Å²) in [5.74, 6) is 0. The van der Waals surface area contributed by atoms with Gasteiger partial charge in [0.05, 0.1) is 0 Å². The van der Waals surface area contributed by atoms with Crippen LogP contribution in [-0.2, 0) is 24.8 Å². The first-order chi connectivity index (χ1) is 3.00. The zero-order valence-corrected chi connectivity index (χ0v) is 6.08. The molecule has 0 N–H and O–H groups in total. The largest absolute Gasteiger partial charge is 0.534 e. The van der Waals surface area contributed by atoms with E-state index >= 15 is 0 Å². The van der Waals surface area contributed by atoms with Gasteiger partial charge in [0.25, 0.3) is 0 Å². The van der Waals surface area contributed by atoms with Crippen molar-refractivity contribution in [3.8, 4) is 0 Å². The van der Waals surface area contributed by atoms with E-state index in [1.54, 1.807) is 6.26 Å². The molecular formula is C5H5IrO-. The van der Waals surface area contributed by atoms with E-state index in [0.717, 1.165) is 0 Å². The predicted octanol–water partition coefficient (Wildman–Crippen LogP) is 0.887. The molecular weight excluding hydrogens is 268 g/mol. The number of hydrogen-bond acceptors (Lipinski definition) is 1. The summed E-state index contributed by atoms with van der Waals surface area (Å²) < 4.78 is 4.75. The monoisotopic (exact) mass is 274 g/mol. The van der Waals surface area contributed by atoms with E-state index < -0.39 is 0 Å². The Morgan fingerprint density at radius 1 is 1.57 bits per heavy atom. The normalized spacial score (nSPS) is 14.9. The van der Waals surface area contributed by atoms with E-state index in [1.807, 2.05) is 12.2 Å². The Bertz CT molecular complexity index is 74.1. The van der Waals surface area contributed by atoms with E-state index in [4.69, 9.17) is 4.74 Å². The van der Waals surface area contributed by atoms with Gasteiger partial charge in [-0.3, -0.25) is 0 Å². The molecule has 0 unspecified atom stereocenters. The first-order valence-electron chi connectivity index (χ1n) is 1.84. The molecule has 1 nitrogen and oxygen atoms in total. The summed E-state index contributed by atoms with van der Waals surface area (Å²) in [4.78, 5) is 0. The Labute approximate surface area is 56.4 Å². The molecule has 0 aromatic carbocycles. The Kier molecular flexibility index (Phi) is 4.06. The quantitative estimate of drug-likeness (QED) is 0.596. The molecule has 7 heavy (non-hydrogen) atoms. The van der Waals surface area contributed by atoms with Crippen molar-refractivity contribution in [2.24, 2.45) is 0 Å². The SMILES string of the molecule is [C-]1=COCC=C1.[Ir]. The van der Waals surface area contributed by atoms with Crippen LogP contribution in [-0.4, -0.2) is 6.61 Å².